The molecule has 1 saturated heterocycles. The molecule has 7 nitrogen and oxygen atoms in total. The van der Waals surface area contributed by atoms with E-state index in [-0.39, 0.29) is 0 Å². The lowest BCUT2D eigenvalue weighted by atomic mass is 10.2. The molecule has 0 aliphatic carbocycles. The van der Waals surface area contributed by atoms with Crippen LogP contribution in [0, 0.1) is 0 Å². The maximum absolute atomic E-state index is 5.48. The Hall–Kier alpha value is -3.32. The average Bonchev–Trinajstić information content (AvgIpc) is 3.25. The van der Waals surface area contributed by atoms with Gasteiger partial charge >= 0.3 is 0 Å². The summed E-state index contributed by atoms with van der Waals surface area (Å²) in [4.78, 5) is 16.2. The first-order chi connectivity index (χ1) is 13.4. The summed E-state index contributed by atoms with van der Waals surface area (Å²) < 4.78 is 7.20. The Kier molecular flexibility index (Phi) is 3.99. The summed E-state index contributed by atoms with van der Waals surface area (Å²) in [5, 5.41) is 4.67. The molecule has 3 aromatic heterocycles. The molecule has 0 N–H and O–H groups in total. The topological polar surface area (TPSA) is 69.0 Å². The van der Waals surface area contributed by atoms with Crippen LogP contribution in [0.25, 0.3) is 28.2 Å². The number of hydrogen-bond acceptors (Lipinski definition) is 6. The van der Waals surface area contributed by atoms with Gasteiger partial charge in [0.2, 0.25) is 0 Å². The number of ether oxygens (including phenoxy) is 1. The lowest BCUT2D eigenvalue weighted by molar-refractivity contribution is 0.122. The zero-order chi connectivity index (χ0) is 18.1. The van der Waals surface area contributed by atoms with Crippen molar-refractivity contribution < 1.29 is 4.74 Å². The fraction of sp³-hybridized carbons (Fsp3) is 0.200. The Labute approximate surface area is 156 Å². The second-order valence-electron chi connectivity index (χ2n) is 6.33. The van der Waals surface area contributed by atoms with Gasteiger partial charge in [0.15, 0.2) is 5.82 Å². The van der Waals surface area contributed by atoms with Gasteiger partial charge in [-0.1, -0.05) is 30.3 Å². The van der Waals surface area contributed by atoms with Crippen molar-refractivity contribution in [2.75, 3.05) is 31.2 Å². The van der Waals surface area contributed by atoms with Crippen LogP contribution in [-0.2, 0) is 4.74 Å². The molecule has 7 heteroatoms. The number of anilines is 1. The summed E-state index contributed by atoms with van der Waals surface area (Å²) in [5.41, 5.74) is 3.56. The molecule has 5 rings (SSSR count). The van der Waals surface area contributed by atoms with E-state index in [1.165, 1.54) is 0 Å². The first-order valence-electron chi connectivity index (χ1n) is 8.95. The van der Waals surface area contributed by atoms with Crippen molar-refractivity contribution in [3.8, 4) is 17.2 Å². The molecule has 0 amide bonds. The highest BCUT2D eigenvalue weighted by Gasteiger charge is 2.19. The molecule has 0 saturated carbocycles. The quantitative estimate of drug-likeness (QED) is 0.561. The van der Waals surface area contributed by atoms with Crippen molar-refractivity contribution in [1.82, 2.24) is 24.7 Å². The molecule has 4 aromatic rings. The van der Waals surface area contributed by atoms with E-state index >= 15 is 0 Å². The fourth-order valence-electron chi connectivity index (χ4n) is 3.24. The molecule has 0 spiro atoms. The molecule has 1 aliphatic heterocycles. The van der Waals surface area contributed by atoms with Crippen LogP contribution in [0.15, 0.2) is 60.9 Å². The monoisotopic (exact) mass is 358 g/mol. The van der Waals surface area contributed by atoms with Gasteiger partial charge in [0, 0.05) is 31.0 Å². The maximum Gasteiger partial charge on any atom is 0.253 e. The molecule has 27 heavy (non-hydrogen) atoms. The van der Waals surface area contributed by atoms with Crippen LogP contribution in [0.1, 0.15) is 0 Å². The number of benzene rings is 1. The molecule has 0 bridgehead atoms. The van der Waals surface area contributed by atoms with E-state index in [1.54, 1.807) is 10.9 Å². The van der Waals surface area contributed by atoms with E-state index in [0.717, 1.165) is 41.2 Å². The number of aromatic nitrogens is 5. The van der Waals surface area contributed by atoms with Crippen molar-refractivity contribution in [2.45, 2.75) is 0 Å². The molecule has 0 radical (unpaired) electrons. The highest BCUT2D eigenvalue weighted by atomic mass is 16.5. The molecule has 0 unspecified atom stereocenters. The summed E-state index contributed by atoms with van der Waals surface area (Å²) in [6, 6.07) is 15.9. The lowest BCUT2D eigenvalue weighted by Gasteiger charge is -2.28. The van der Waals surface area contributed by atoms with Crippen LogP contribution < -0.4 is 4.90 Å². The van der Waals surface area contributed by atoms with Crippen LogP contribution in [-0.4, -0.2) is 51.0 Å². The third-order valence-corrected chi connectivity index (χ3v) is 4.60. The third kappa shape index (κ3) is 3.02. The first kappa shape index (κ1) is 15.9. The lowest BCUT2D eigenvalue weighted by Crippen LogP contribution is -2.37. The molecule has 4 heterocycles. The van der Waals surface area contributed by atoms with Gasteiger partial charge in [0.25, 0.3) is 5.95 Å². The van der Waals surface area contributed by atoms with Crippen LogP contribution in [0.3, 0.4) is 0 Å². The number of rotatable bonds is 3. The van der Waals surface area contributed by atoms with E-state index in [4.69, 9.17) is 9.72 Å². The summed E-state index contributed by atoms with van der Waals surface area (Å²) in [7, 11) is 0. The van der Waals surface area contributed by atoms with Gasteiger partial charge in [-0.15, -0.1) is 0 Å². The highest BCUT2D eigenvalue weighted by Crippen LogP contribution is 2.24. The SMILES string of the molecule is c1ccc(-c2ccn(-c3nc(N4CCOCC4)c4ncccc4n3)n2)cc1. The van der Waals surface area contributed by atoms with E-state index in [9.17, 15) is 0 Å². The van der Waals surface area contributed by atoms with Crippen molar-refractivity contribution in [1.29, 1.82) is 0 Å². The Bertz CT molecular complexity index is 1070. The minimum Gasteiger partial charge on any atom is -0.378 e. The fourth-order valence-corrected chi connectivity index (χ4v) is 3.24. The molecule has 0 atom stereocenters. The first-order valence-corrected chi connectivity index (χ1v) is 8.95. The van der Waals surface area contributed by atoms with Gasteiger partial charge in [-0.05, 0) is 18.2 Å². The van der Waals surface area contributed by atoms with E-state index in [2.05, 4.69) is 20.0 Å². The smallest absolute Gasteiger partial charge is 0.253 e. The predicted octanol–water partition coefficient (Wildman–Crippen LogP) is 2.71. The van der Waals surface area contributed by atoms with Crippen molar-refractivity contribution >= 4 is 16.9 Å². The van der Waals surface area contributed by atoms with E-state index in [1.807, 2.05) is 54.7 Å². The van der Waals surface area contributed by atoms with Crippen molar-refractivity contribution in [3.63, 3.8) is 0 Å². The Morgan fingerprint density at radius 2 is 1.74 bits per heavy atom. The van der Waals surface area contributed by atoms with Gasteiger partial charge in [0.1, 0.15) is 5.52 Å². The Morgan fingerprint density at radius 1 is 0.889 bits per heavy atom. The minimum absolute atomic E-state index is 0.541. The number of morpholine rings is 1. The number of pyridine rings is 1. The van der Waals surface area contributed by atoms with Crippen LogP contribution >= 0.6 is 0 Å². The van der Waals surface area contributed by atoms with Gasteiger partial charge in [0.05, 0.1) is 24.4 Å². The summed E-state index contributed by atoms with van der Waals surface area (Å²) >= 11 is 0. The second kappa shape index (κ2) is 6.77. The van der Waals surface area contributed by atoms with Crippen LogP contribution in [0.2, 0.25) is 0 Å². The molecule has 1 aliphatic rings. The van der Waals surface area contributed by atoms with Gasteiger partial charge in [-0.3, -0.25) is 4.98 Å². The largest absolute Gasteiger partial charge is 0.378 e. The zero-order valence-electron chi connectivity index (χ0n) is 14.7. The summed E-state index contributed by atoms with van der Waals surface area (Å²) in [5.74, 6) is 1.37. The minimum atomic E-state index is 0.541. The maximum atomic E-state index is 5.48. The molecule has 1 fully saturated rings. The Balaban J connectivity index is 1.60. The Morgan fingerprint density at radius 3 is 2.59 bits per heavy atom. The van der Waals surface area contributed by atoms with Gasteiger partial charge in [-0.2, -0.15) is 10.1 Å². The third-order valence-electron chi connectivity index (χ3n) is 4.60. The van der Waals surface area contributed by atoms with Gasteiger partial charge in [-0.25, -0.2) is 9.67 Å². The second-order valence-corrected chi connectivity index (χ2v) is 6.33. The normalized spacial score (nSPS) is 14.6. The summed E-state index contributed by atoms with van der Waals surface area (Å²) in [6.07, 6.45) is 3.67. The molecular weight excluding hydrogens is 340 g/mol. The molecule has 134 valence electrons. The average molecular weight is 358 g/mol. The number of fused-ring (bicyclic) bond motifs is 1. The molecular formula is C20H18N6O. The number of hydrogen-bond donors (Lipinski definition) is 0. The van der Waals surface area contributed by atoms with Crippen LogP contribution in [0.5, 0.6) is 0 Å². The van der Waals surface area contributed by atoms with Crippen molar-refractivity contribution in [3.05, 3.63) is 60.9 Å². The standard InChI is InChI=1S/C20H18N6O/c1-2-5-15(6-3-1)16-8-10-26(24-16)20-22-17-7-4-9-21-18(17)19(23-20)25-11-13-27-14-12-25/h1-10H,11-14H2. The van der Waals surface area contributed by atoms with Crippen LogP contribution in [0.4, 0.5) is 5.82 Å². The van der Waals surface area contributed by atoms with Crippen molar-refractivity contribution in [2.24, 2.45) is 0 Å². The highest BCUT2D eigenvalue weighted by molar-refractivity contribution is 5.86. The van der Waals surface area contributed by atoms with E-state index < -0.39 is 0 Å². The predicted molar refractivity (Wildman–Crippen MR) is 103 cm³/mol. The van der Waals surface area contributed by atoms with E-state index in [0.29, 0.717) is 19.2 Å². The summed E-state index contributed by atoms with van der Waals surface area (Å²) in [6.45, 7) is 2.95. The number of nitrogens with zero attached hydrogens (tertiary/aromatic N) is 6. The zero-order valence-corrected chi connectivity index (χ0v) is 14.7. The van der Waals surface area contributed by atoms with Gasteiger partial charge < -0.3 is 9.64 Å². The molecule has 1 aromatic carbocycles.